The maximum Gasteiger partial charge on any atom is 0.191 e. The number of fused-ring (bicyclic) bond motifs is 1. The first-order chi connectivity index (χ1) is 12.4. The monoisotopic (exact) mass is 338 g/mol. The zero-order valence-electron chi connectivity index (χ0n) is 14.7. The minimum Gasteiger partial charge on any atom is -0.361 e. The average Bonchev–Trinajstić information content (AvgIpc) is 3.29. The summed E-state index contributed by atoms with van der Waals surface area (Å²) in [6.45, 7) is 5.47. The fraction of sp³-hybridized carbons (Fsp3) is 0.368. The zero-order valence-corrected chi connectivity index (χ0v) is 14.7. The third-order valence-electron chi connectivity index (χ3n) is 4.08. The maximum atomic E-state index is 4.64. The number of H-pyrrole nitrogens is 1. The highest BCUT2D eigenvalue weighted by Gasteiger charge is 2.03. The number of aromatic nitrogens is 3. The molecule has 0 aliphatic rings. The second-order valence-corrected chi connectivity index (χ2v) is 5.92. The van der Waals surface area contributed by atoms with Gasteiger partial charge in [-0.25, -0.2) is 0 Å². The zero-order chi connectivity index (χ0) is 17.3. The summed E-state index contributed by atoms with van der Waals surface area (Å²) >= 11 is 0. The Labute approximate surface area is 148 Å². The number of nitrogens with one attached hydrogen (secondary N) is 3. The molecule has 0 fully saturated rings. The Hall–Kier alpha value is -2.76. The first-order valence-electron chi connectivity index (χ1n) is 8.91. The Morgan fingerprint density at radius 3 is 3.00 bits per heavy atom. The lowest BCUT2D eigenvalue weighted by Gasteiger charge is -2.11. The molecular formula is C19H26N6. The van der Waals surface area contributed by atoms with Crippen LogP contribution in [0.4, 0.5) is 0 Å². The summed E-state index contributed by atoms with van der Waals surface area (Å²) in [6.07, 6.45) is 7.82. The van der Waals surface area contributed by atoms with Crippen molar-refractivity contribution in [2.24, 2.45) is 4.99 Å². The van der Waals surface area contributed by atoms with Crippen molar-refractivity contribution < 1.29 is 0 Å². The molecule has 0 aliphatic heterocycles. The van der Waals surface area contributed by atoms with Gasteiger partial charge in [-0.1, -0.05) is 18.2 Å². The van der Waals surface area contributed by atoms with Crippen molar-refractivity contribution >= 4 is 16.9 Å². The molecule has 0 atom stereocenters. The van der Waals surface area contributed by atoms with E-state index in [9.17, 15) is 0 Å². The van der Waals surface area contributed by atoms with Crippen molar-refractivity contribution in [2.75, 3.05) is 19.6 Å². The first kappa shape index (κ1) is 17.1. The average molecular weight is 338 g/mol. The van der Waals surface area contributed by atoms with E-state index in [-0.39, 0.29) is 0 Å². The van der Waals surface area contributed by atoms with E-state index in [2.05, 4.69) is 63.1 Å². The summed E-state index contributed by atoms with van der Waals surface area (Å²) in [4.78, 5) is 7.96. The van der Waals surface area contributed by atoms with E-state index in [1.54, 1.807) is 6.20 Å². The van der Waals surface area contributed by atoms with Gasteiger partial charge in [0.05, 0.1) is 0 Å². The number of rotatable bonds is 8. The molecule has 0 unspecified atom stereocenters. The number of aliphatic imine (C=N–C) groups is 1. The van der Waals surface area contributed by atoms with Crippen molar-refractivity contribution in [1.29, 1.82) is 0 Å². The Morgan fingerprint density at radius 2 is 2.16 bits per heavy atom. The lowest BCUT2D eigenvalue weighted by molar-refractivity contribution is 0.584. The molecular weight excluding hydrogens is 312 g/mol. The number of hydrogen-bond donors (Lipinski definition) is 3. The summed E-state index contributed by atoms with van der Waals surface area (Å²) in [5.41, 5.74) is 2.52. The van der Waals surface area contributed by atoms with E-state index in [0.717, 1.165) is 45.0 Å². The van der Waals surface area contributed by atoms with Crippen LogP contribution in [-0.2, 0) is 13.0 Å². The summed E-state index contributed by atoms with van der Waals surface area (Å²) in [5.74, 6) is 0.878. The van der Waals surface area contributed by atoms with Crippen LogP contribution in [-0.4, -0.2) is 40.4 Å². The molecule has 0 amide bonds. The molecule has 3 aromatic rings. The van der Waals surface area contributed by atoms with Crippen molar-refractivity contribution in [2.45, 2.75) is 26.3 Å². The highest BCUT2D eigenvalue weighted by molar-refractivity contribution is 5.83. The third-order valence-corrected chi connectivity index (χ3v) is 4.08. The molecule has 25 heavy (non-hydrogen) atoms. The normalized spacial score (nSPS) is 11.8. The van der Waals surface area contributed by atoms with Crippen LogP contribution in [0.3, 0.4) is 0 Å². The molecule has 0 bridgehead atoms. The second kappa shape index (κ2) is 8.92. The van der Waals surface area contributed by atoms with Crippen LogP contribution in [0.1, 0.15) is 18.9 Å². The fourth-order valence-corrected chi connectivity index (χ4v) is 2.85. The van der Waals surface area contributed by atoms with Crippen molar-refractivity contribution in [3.8, 4) is 0 Å². The van der Waals surface area contributed by atoms with Crippen LogP contribution >= 0.6 is 0 Å². The van der Waals surface area contributed by atoms with E-state index in [1.165, 1.54) is 16.5 Å². The minimum absolute atomic E-state index is 0.780. The lowest BCUT2D eigenvalue weighted by atomic mass is 10.1. The topological polar surface area (TPSA) is 70.0 Å². The van der Waals surface area contributed by atoms with E-state index in [0.29, 0.717) is 0 Å². The summed E-state index contributed by atoms with van der Waals surface area (Å²) in [5, 5.41) is 12.2. The minimum atomic E-state index is 0.780. The molecule has 0 aliphatic carbocycles. The van der Waals surface area contributed by atoms with E-state index in [4.69, 9.17) is 0 Å². The number of nitrogens with zero attached hydrogens (tertiary/aromatic N) is 3. The molecule has 2 aromatic heterocycles. The molecule has 2 heterocycles. The molecule has 0 saturated carbocycles. The predicted octanol–water partition coefficient (Wildman–Crippen LogP) is 2.55. The number of guanidine groups is 1. The van der Waals surface area contributed by atoms with Crippen molar-refractivity contribution in [3.05, 3.63) is 54.5 Å². The lowest BCUT2D eigenvalue weighted by Crippen LogP contribution is -2.38. The van der Waals surface area contributed by atoms with Crippen LogP contribution in [0.15, 0.2) is 53.9 Å². The highest BCUT2D eigenvalue weighted by Crippen LogP contribution is 2.17. The van der Waals surface area contributed by atoms with Crippen LogP contribution in [0.2, 0.25) is 0 Å². The standard InChI is InChI=1S/C19H26N6/c1-2-20-19(21-10-5-13-25-14-6-11-24-25)22-12-9-16-15-23-18-8-4-3-7-17(16)18/h3-4,6-8,11,14-15,23H,2,5,9-10,12-13H2,1H3,(H2,20,21,22). The number of aryl methyl sites for hydroxylation is 1. The number of hydrogen-bond acceptors (Lipinski definition) is 2. The van der Waals surface area contributed by atoms with Crippen molar-refractivity contribution in [3.63, 3.8) is 0 Å². The molecule has 3 N–H and O–H groups in total. The van der Waals surface area contributed by atoms with E-state index < -0.39 is 0 Å². The number of para-hydroxylation sites is 1. The molecule has 3 rings (SSSR count). The Morgan fingerprint density at radius 1 is 1.24 bits per heavy atom. The van der Waals surface area contributed by atoms with Gasteiger partial charge in [0.25, 0.3) is 0 Å². The molecule has 132 valence electrons. The van der Waals surface area contributed by atoms with Gasteiger partial charge in [0.1, 0.15) is 0 Å². The quantitative estimate of drug-likeness (QED) is 0.336. The van der Waals surface area contributed by atoms with Crippen LogP contribution in [0, 0.1) is 0 Å². The Kier molecular flexibility index (Phi) is 6.09. The fourth-order valence-electron chi connectivity index (χ4n) is 2.85. The SMILES string of the molecule is CCNC(=NCCCn1cccn1)NCCc1c[nH]c2ccccc12. The van der Waals surface area contributed by atoms with Gasteiger partial charge >= 0.3 is 0 Å². The Balaban J connectivity index is 1.47. The van der Waals surface area contributed by atoms with Gasteiger partial charge in [-0.3, -0.25) is 9.67 Å². The summed E-state index contributed by atoms with van der Waals surface area (Å²) in [7, 11) is 0. The smallest absolute Gasteiger partial charge is 0.191 e. The molecule has 0 radical (unpaired) electrons. The van der Waals surface area contributed by atoms with Gasteiger partial charge in [0, 0.05) is 55.7 Å². The molecule has 0 saturated heterocycles. The number of aromatic amines is 1. The Bertz CT molecular complexity index is 787. The second-order valence-electron chi connectivity index (χ2n) is 5.92. The predicted molar refractivity (Wildman–Crippen MR) is 103 cm³/mol. The van der Waals surface area contributed by atoms with E-state index in [1.807, 2.05) is 16.9 Å². The van der Waals surface area contributed by atoms with Crippen LogP contribution in [0.25, 0.3) is 10.9 Å². The van der Waals surface area contributed by atoms with Gasteiger partial charge in [0.2, 0.25) is 0 Å². The van der Waals surface area contributed by atoms with Crippen LogP contribution < -0.4 is 10.6 Å². The van der Waals surface area contributed by atoms with Gasteiger partial charge < -0.3 is 15.6 Å². The summed E-state index contributed by atoms with van der Waals surface area (Å²) < 4.78 is 1.94. The van der Waals surface area contributed by atoms with Gasteiger partial charge in [-0.2, -0.15) is 5.10 Å². The third kappa shape index (κ3) is 4.86. The van der Waals surface area contributed by atoms with E-state index >= 15 is 0 Å². The molecule has 0 spiro atoms. The molecule has 6 heteroatoms. The van der Waals surface area contributed by atoms with Gasteiger partial charge in [-0.05, 0) is 37.5 Å². The van der Waals surface area contributed by atoms with Crippen molar-refractivity contribution in [1.82, 2.24) is 25.4 Å². The largest absolute Gasteiger partial charge is 0.361 e. The molecule has 1 aromatic carbocycles. The summed E-state index contributed by atoms with van der Waals surface area (Å²) in [6, 6.07) is 10.4. The van der Waals surface area contributed by atoms with Crippen LogP contribution in [0.5, 0.6) is 0 Å². The molecule has 6 nitrogen and oxygen atoms in total. The first-order valence-corrected chi connectivity index (χ1v) is 8.91. The maximum absolute atomic E-state index is 4.64. The van der Waals surface area contributed by atoms with Gasteiger partial charge in [0.15, 0.2) is 5.96 Å². The highest BCUT2D eigenvalue weighted by atomic mass is 15.3. The number of benzene rings is 1. The van der Waals surface area contributed by atoms with Gasteiger partial charge in [-0.15, -0.1) is 0 Å².